The van der Waals surface area contributed by atoms with Crippen LogP contribution in [-0.4, -0.2) is 44.1 Å². The molecular formula is C31H23BrN4O6. The van der Waals surface area contributed by atoms with Crippen molar-refractivity contribution >= 4 is 39.3 Å². The Balaban J connectivity index is 1.24. The van der Waals surface area contributed by atoms with Gasteiger partial charge >= 0.3 is 12.1 Å². The second-order valence-corrected chi connectivity index (χ2v) is 10.8. The lowest BCUT2D eigenvalue weighted by Crippen LogP contribution is -2.43. The zero-order valence-electron chi connectivity index (χ0n) is 21.9. The van der Waals surface area contributed by atoms with Gasteiger partial charge in [0.1, 0.15) is 18.3 Å². The number of nitro groups is 1. The Morgan fingerprint density at radius 2 is 1.64 bits per heavy atom. The van der Waals surface area contributed by atoms with Crippen LogP contribution in [-0.2, 0) is 16.0 Å². The highest BCUT2D eigenvalue weighted by molar-refractivity contribution is 9.10. The Morgan fingerprint density at radius 3 is 2.26 bits per heavy atom. The molecule has 1 aliphatic rings. The van der Waals surface area contributed by atoms with Gasteiger partial charge in [-0.15, -0.1) is 0 Å². The Kier molecular flexibility index (Phi) is 7.17. The lowest BCUT2D eigenvalue weighted by atomic mass is 9.98. The van der Waals surface area contributed by atoms with Crippen molar-refractivity contribution in [1.82, 2.24) is 14.7 Å². The van der Waals surface area contributed by atoms with Gasteiger partial charge in [-0.25, -0.2) is 14.6 Å². The van der Waals surface area contributed by atoms with Crippen molar-refractivity contribution in [1.29, 1.82) is 0 Å². The minimum atomic E-state index is -1.34. The maximum absolute atomic E-state index is 13.0. The summed E-state index contributed by atoms with van der Waals surface area (Å²) in [5.41, 5.74) is 6.26. The van der Waals surface area contributed by atoms with Crippen LogP contribution < -0.4 is 5.32 Å². The largest absolute Gasteiger partial charge is 0.480 e. The normalized spacial score (nSPS) is 12.9. The van der Waals surface area contributed by atoms with Crippen LogP contribution >= 0.6 is 15.9 Å². The van der Waals surface area contributed by atoms with Crippen molar-refractivity contribution in [2.24, 2.45) is 0 Å². The van der Waals surface area contributed by atoms with E-state index in [0.29, 0.717) is 22.6 Å². The number of carboxylic acids is 1. The number of pyridine rings is 1. The van der Waals surface area contributed by atoms with Crippen molar-refractivity contribution in [3.05, 3.63) is 123 Å². The number of aliphatic carboxylic acids is 1. The van der Waals surface area contributed by atoms with Crippen molar-refractivity contribution in [2.45, 2.75) is 18.4 Å². The number of fused-ring (bicyclic) bond motifs is 4. The van der Waals surface area contributed by atoms with E-state index in [1.807, 2.05) is 48.5 Å². The number of non-ortho nitro benzene ring substituents is 1. The van der Waals surface area contributed by atoms with Gasteiger partial charge in [-0.2, -0.15) is 0 Å². The average Bonchev–Trinajstić information content (AvgIpc) is 3.51. The molecule has 1 atom stereocenters. The van der Waals surface area contributed by atoms with Gasteiger partial charge in [0.15, 0.2) is 0 Å². The number of aromatic nitrogens is 2. The Morgan fingerprint density at radius 1 is 1.00 bits per heavy atom. The van der Waals surface area contributed by atoms with Gasteiger partial charge < -0.3 is 19.6 Å². The number of ether oxygens (including phenoxy) is 1. The summed E-state index contributed by atoms with van der Waals surface area (Å²) in [6, 6.07) is 24.0. The molecule has 5 aromatic rings. The van der Waals surface area contributed by atoms with E-state index in [-0.39, 0.29) is 24.6 Å². The van der Waals surface area contributed by atoms with Crippen LogP contribution in [0.25, 0.3) is 28.0 Å². The summed E-state index contributed by atoms with van der Waals surface area (Å²) in [4.78, 5) is 40.6. The van der Waals surface area contributed by atoms with Gasteiger partial charge in [-0.1, -0.05) is 48.5 Å². The summed E-state index contributed by atoms with van der Waals surface area (Å²) >= 11 is 3.44. The lowest BCUT2D eigenvalue weighted by Gasteiger charge is -2.18. The monoisotopic (exact) mass is 626 g/mol. The SMILES string of the molecule is O=C(NC(Cc1c(-c2ccc([N+](=O)[O-])cc2)nc2ccc(Br)cn12)C(=O)O)OCC1c2ccccc2-c2ccccc21. The molecule has 0 saturated heterocycles. The molecule has 0 radical (unpaired) electrons. The third kappa shape index (κ3) is 5.10. The first-order valence-electron chi connectivity index (χ1n) is 13.1. The van der Waals surface area contributed by atoms with Crippen LogP contribution in [0.1, 0.15) is 22.7 Å². The maximum atomic E-state index is 13.0. The number of carbonyl (C=O) groups is 2. The summed E-state index contributed by atoms with van der Waals surface area (Å²) in [6.07, 6.45) is 0.776. The van der Waals surface area contributed by atoms with Crippen molar-refractivity contribution in [3.63, 3.8) is 0 Å². The van der Waals surface area contributed by atoms with Crippen LogP contribution in [0.2, 0.25) is 0 Å². The quantitative estimate of drug-likeness (QED) is 0.154. The molecule has 0 spiro atoms. The number of alkyl carbamates (subject to hydrolysis) is 1. The fourth-order valence-corrected chi connectivity index (χ4v) is 5.75. The number of amides is 1. The number of benzene rings is 3. The van der Waals surface area contributed by atoms with Crippen molar-refractivity contribution in [2.75, 3.05) is 6.61 Å². The molecule has 6 rings (SSSR count). The number of hydrogen-bond donors (Lipinski definition) is 2. The third-order valence-corrected chi connectivity index (χ3v) is 7.83. The number of hydrogen-bond acceptors (Lipinski definition) is 6. The van der Waals surface area contributed by atoms with E-state index in [2.05, 4.69) is 26.2 Å². The fraction of sp³-hybridized carbons (Fsp3) is 0.129. The fourth-order valence-electron chi connectivity index (χ4n) is 5.41. The number of carboxylic acid groups (broad SMARTS) is 1. The number of rotatable bonds is 8. The minimum absolute atomic E-state index is 0.0444. The highest BCUT2D eigenvalue weighted by atomic mass is 79.9. The predicted molar refractivity (Wildman–Crippen MR) is 158 cm³/mol. The molecule has 0 fully saturated rings. The van der Waals surface area contributed by atoms with Gasteiger partial charge in [-0.3, -0.25) is 10.1 Å². The highest BCUT2D eigenvalue weighted by Crippen LogP contribution is 2.44. The molecule has 2 N–H and O–H groups in total. The van der Waals surface area contributed by atoms with E-state index in [0.717, 1.165) is 26.7 Å². The summed E-state index contributed by atoms with van der Waals surface area (Å²) < 4.78 is 8.06. The molecule has 3 aromatic carbocycles. The molecule has 0 saturated carbocycles. The number of nitrogens with zero attached hydrogens (tertiary/aromatic N) is 3. The molecule has 1 aliphatic carbocycles. The average molecular weight is 627 g/mol. The summed E-state index contributed by atoms with van der Waals surface area (Å²) in [7, 11) is 0. The summed E-state index contributed by atoms with van der Waals surface area (Å²) in [5, 5.41) is 23.7. The first-order valence-corrected chi connectivity index (χ1v) is 13.8. The van der Waals surface area contributed by atoms with Gasteiger partial charge in [0.25, 0.3) is 5.69 Å². The van der Waals surface area contributed by atoms with Crippen LogP contribution in [0.4, 0.5) is 10.5 Å². The lowest BCUT2D eigenvalue weighted by molar-refractivity contribution is -0.384. The molecular weight excluding hydrogens is 604 g/mol. The van der Waals surface area contributed by atoms with Crippen LogP contribution in [0.15, 0.2) is 95.6 Å². The second-order valence-electron chi connectivity index (χ2n) is 9.85. The number of nitrogens with one attached hydrogen (secondary N) is 1. The Labute approximate surface area is 247 Å². The smallest absolute Gasteiger partial charge is 0.407 e. The predicted octanol–water partition coefficient (Wildman–Crippen LogP) is 6.21. The Hall–Kier alpha value is -5.03. The number of carbonyl (C=O) groups excluding carboxylic acids is 1. The van der Waals surface area contributed by atoms with E-state index < -0.39 is 23.0 Å². The first kappa shape index (κ1) is 27.2. The molecule has 2 aromatic heterocycles. The first-order chi connectivity index (χ1) is 20.3. The molecule has 0 bridgehead atoms. The number of imidazole rings is 1. The van der Waals surface area contributed by atoms with Gasteiger partial charge in [0, 0.05) is 40.7 Å². The molecule has 210 valence electrons. The molecule has 1 amide bonds. The summed E-state index contributed by atoms with van der Waals surface area (Å²) in [6.45, 7) is 0.0444. The molecule has 0 aliphatic heterocycles. The standard InChI is InChI=1S/C31H23BrN4O6/c32-19-11-14-28-34-29(18-9-12-20(13-10-18)36(40)41)27(35(28)16-19)15-26(30(37)38)33-31(39)42-17-25-23-7-3-1-5-21(23)22-6-2-4-8-24(22)25/h1-14,16,25-26H,15,17H2,(H,33,39)(H,37,38). The highest BCUT2D eigenvalue weighted by Gasteiger charge is 2.30. The molecule has 42 heavy (non-hydrogen) atoms. The van der Waals surface area contributed by atoms with Gasteiger partial charge in [0.05, 0.1) is 16.3 Å². The number of nitro benzene ring substituents is 1. The van der Waals surface area contributed by atoms with E-state index >= 15 is 0 Å². The third-order valence-electron chi connectivity index (χ3n) is 7.36. The molecule has 2 heterocycles. The minimum Gasteiger partial charge on any atom is -0.480 e. The van der Waals surface area contributed by atoms with Crippen molar-refractivity contribution < 1.29 is 24.4 Å². The number of halogens is 1. The zero-order valence-corrected chi connectivity index (χ0v) is 23.5. The second kappa shape index (κ2) is 11.1. The van der Waals surface area contributed by atoms with Crippen LogP contribution in [0.5, 0.6) is 0 Å². The van der Waals surface area contributed by atoms with Crippen molar-refractivity contribution in [3.8, 4) is 22.4 Å². The van der Waals surface area contributed by atoms with E-state index in [9.17, 15) is 24.8 Å². The van der Waals surface area contributed by atoms with Gasteiger partial charge in [0.2, 0.25) is 0 Å². The molecule has 1 unspecified atom stereocenters. The van der Waals surface area contributed by atoms with Crippen LogP contribution in [0.3, 0.4) is 0 Å². The van der Waals surface area contributed by atoms with Gasteiger partial charge in [-0.05, 0) is 62.4 Å². The maximum Gasteiger partial charge on any atom is 0.407 e. The van der Waals surface area contributed by atoms with E-state index in [1.54, 1.807) is 34.9 Å². The zero-order chi connectivity index (χ0) is 29.4. The molecule has 10 nitrogen and oxygen atoms in total. The molecule has 11 heteroatoms. The topological polar surface area (TPSA) is 136 Å². The van der Waals surface area contributed by atoms with E-state index in [1.165, 1.54) is 12.1 Å². The summed E-state index contributed by atoms with van der Waals surface area (Å²) in [5.74, 6) is -1.42. The van der Waals surface area contributed by atoms with E-state index in [4.69, 9.17) is 4.74 Å². The Bertz CT molecular complexity index is 1810. The van der Waals surface area contributed by atoms with Crippen LogP contribution in [0, 0.1) is 10.1 Å².